The fourth-order valence-electron chi connectivity index (χ4n) is 2.32. The van der Waals surface area contributed by atoms with Crippen LogP contribution >= 0.6 is 0 Å². The monoisotopic (exact) mass is 293 g/mol. The number of nitrogens with zero attached hydrogens (tertiary/aromatic N) is 1. The van der Waals surface area contributed by atoms with Crippen LogP contribution in [0.25, 0.3) is 0 Å². The molecule has 1 heterocycles. The number of carbonyl (C=O) groups is 2. The molecule has 6 heteroatoms. The lowest BCUT2D eigenvalue weighted by atomic mass is 10.1. The fraction of sp³-hybridized carbons (Fsp3) is 0.467. The van der Waals surface area contributed by atoms with Crippen molar-refractivity contribution >= 4 is 11.8 Å². The minimum absolute atomic E-state index is 0.0955. The summed E-state index contributed by atoms with van der Waals surface area (Å²) in [6.45, 7) is 1.82. The van der Waals surface area contributed by atoms with E-state index in [-0.39, 0.29) is 24.1 Å². The van der Waals surface area contributed by atoms with E-state index in [1.165, 1.54) is 18.2 Å². The van der Waals surface area contributed by atoms with Gasteiger partial charge in [-0.2, -0.15) is 0 Å². The summed E-state index contributed by atoms with van der Waals surface area (Å²) in [7, 11) is 2.05. The van der Waals surface area contributed by atoms with Crippen molar-refractivity contribution in [1.82, 2.24) is 15.5 Å². The van der Waals surface area contributed by atoms with Gasteiger partial charge in [-0.05, 0) is 51.2 Å². The Morgan fingerprint density at radius 2 is 2.05 bits per heavy atom. The van der Waals surface area contributed by atoms with Gasteiger partial charge in [-0.1, -0.05) is 6.07 Å². The Hall–Kier alpha value is -1.95. The molecule has 1 aromatic carbocycles. The molecule has 0 aliphatic carbocycles. The van der Waals surface area contributed by atoms with E-state index in [0.29, 0.717) is 0 Å². The molecule has 0 aromatic heterocycles. The van der Waals surface area contributed by atoms with E-state index in [9.17, 15) is 14.0 Å². The van der Waals surface area contributed by atoms with E-state index < -0.39 is 11.7 Å². The molecule has 0 radical (unpaired) electrons. The Morgan fingerprint density at radius 3 is 2.71 bits per heavy atom. The van der Waals surface area contributed by atoms with Gasteiger partial charge in [0, 0.05) is 11.6 Å². The highest BCUT2D eigenvalue weighted by Gasteiger charge is 2.18. The lowest BCUT2D eigenvalue weighted by molar-refractivity contribution is -0.121. The van der Waals surface area contributed by atoms with E-state index in [1.807, 2.05) is 0 Å². The molecule has 0 saturated carbocycles. The largest absolute Gasteiger partial charge is 0.352 e. The zero-order valence-electron chi connectivity index (χ0n) is 12.1. The first-order valence-electron chi connectivity index (χ1n) is 7.06. The number of hydrogen-bond donors (Lipinski definition) is 2. The van der Waals surface area contributed by atoms with Crippen molar-refractivity contribution in [3.63, 3.8) is 0 Å². The zero-order chi connectivity index (χ0) is 15.2. The predicted octanol–water partition coefficient (Wildman–Crippen LogP) is 0.766. The van der Waals surface area contributed by atoms with Crippen molar-refractivity contribution in [3.8, 4) is 0 Å². The molecule has 1 aromatic rings. The van der Waals surface area contributed by atoms with Crippen molar-refractivity contribution in [3.05, 3.63) is 35.6 Å². The average Bonchev–Trinajstić information content (AvgIpc) is 2.47. The zero-order valence-corrected chi connectivity index (χ0v) is 12.1. The molecule has 0 spiro atoms. The van der Waals surface area contributed by atoms with E-state index in [4.69, 9.17) is 0 Å². The summed E-state index contributed by atoms with van der Waals surface area (Å²) in [6, 6.07) is 5.55. The number of carbonyl (C=O) groups excluding carboxylic acids is 2. The van der Waals surface area contributed by atoms with Gasteiger partial charge >= 0.3 is 0 Å². The maximum absolute atomic E-state index is 13.0. The molecule has 2 amide bonds. The smallest absolute Gasteiger partial charge is 0.251 e. The topological polar surface area (TPSA) is 61.4 Å². The third kappa shape index (κ3) is 4.82. The summed E-state index contributed by atoms with van der Waals surface area (Å²) < 4.78 is 13.0. The van der Waals surface area contributed by atoms with Gasteiger partial charge in [-0.3, -0.25) is 9.59 Å². The van der Waals surface area contributed by atoms with Crippen LogP contribution in [0.1, 0.15) is 23.2 Å². The lowest BCUT2D eigenvalue weighted by Crippen LogP contribution is -2.46. The predicted molar refractivity (Wildman–Crippen MR) is 77.4 cm³/mol. The molecule has 1 fully saturated rings. The molecule has 114 valence electrons. The summed E-state index contributed by atoms with van der Waals surface area (Å²) >= 11 is 0. The molecule has 5 nitrogen and oxygen atoms in total. The second kappa shape index (κ2) is 7.17. The minimum Gasteiger partial charge on any atom is -0.352 e. The van der Waals surface area contributed by atoms with Gasteiger partial charge in [0.15, 0.2) is 0 Å². The number of piperidine rings is 1. The van der Waals surface area contributed by atoms with Crippen molar-refractivity contribution < 1.29 is 14.0 Å². The SMILES string of the molecule is CN1CCC(NC(=O)CNC(=O)c2cccc(F)c2)CC1. The van der Waals surface area contributed by atoms with Gasteiger partial charge in [0.25, 0.3) is 5.91 Å². The number of rotatable bonds is 4. The van der Waals surface area contributed by atoms with Crippen molar-refractivity contribution in [2.75, 3.05) is 26.7 Å². The average molecular weight is 293 g/mol. The Morgan fingerprint density at radius 1 is 1.33 bits per heavy atom. The molecule has 1 aliphatic rings. The van der Waals surface area contributed by atoms with Crippen LogP contribution in [0, 0.1) is 5.82 Å². The van der Waals surface area contributed by atoms with Gasteiger partial charge in [0.1, 0.15) is 5.82 Å². The first kappa shape index (κ1) is 15.4. The van der Waals surface area contributed by atoms with Crippen LogP contribution in [0.5, 0.6) is 0 Å². The van der Waals surface area contributed by atoms with Crippen LogP contribution in [0.4, 0.5) is 4.39 Å². The Kier molecular flexibility index (Phi) is 5.27. The van der Waals surface area contributed by atoms with Crippen molar-refractivity contribution in [2.24, 2.45) is 0 Å². The van der Waals surface area contributed by atoms with Crippen LogP contribution in [0.2, 0.25) is 0 Å². The Labute approximate surface area is 123 Å². The van der Waals surface area contributed by atoms with Crippen LogP contribution < -0.4 is 10.6 Å². The highest BCUT2D eigenvalue weighted by Crippen LogP contribution is 2.07. The maximum atomic E-state index is 13.0. The van der Waals surface area contributed by atoms with E-state index in [2.05, 4.69) is 22.6 Å². The third-order valence-electron chi connectivity index (χ3n) is 3.58. The molecule has 1 saturated heterocycles. The normalized spacial score (nSPS) is 16.5. The highest BCUT2D eigenvalue weighted by atomic mass is 19.1. The van der Waals surface area contributed by atoms with E-state index >= 15 is 0 Å². The number of halogens is 1. The summed E-state index contributed by atoms with van der Waals surface area (Å²) in [6.07, 6.45) is 1.83. The van der Waals surface area contributed by atoms with E-state index in [1.54, 1.807) is 0 Å². The van der Waals surface area contributed by atoms with Gasteiger partial charge in [-0.25, -0.2) is 4.39 Å². The van der Waals surface area contributed by atoms with Gasteiger partial charge < -0.3 is 15.5 Å². The van der Waals surface area contributed by atoms with Crippen LogP contribution in [-0.2, 0) is 4.79 Å². The maximum Gasteiger partial charge on any atom is 0.251 e. The summed E-state index contributed by atoms with van der Waals surface area (Å²) in [5, 5.41) is 5.40. The number of nitrogens with one attached hydrogen (secondary N) is 2. The van der Waals surface area contributed by atoms with Gasteiger partial charge in [0.2, 0.25) is 5.91 Å². The van der Waals surface area contributed by atoms with Crippen LogP contribution in [-0.4, -0.2) is 49.4 Å². The van der Waals surface area contributed by atoms with Gasteiger partial charge in [-0.15, -0.1) is 0 Å². The Balaban J connectivity index is 1.75. The van der Waals surface area contributed by atoms with Crippen molar-refractivity contribution in [1.29, 1.82) is 0 Å². The number of likely N-dealkylation sites (tertiary alicyclic amines) is 1. The fourth-order valence-corrected chi connectivity index (χ4v) is 2.32. The summed E-state index contributed by atoms with van der Waals surface area (Å²) in [5.74, 6) is -1.14. The number of amides is 2. The third-order valence-corrected chi connectivity index (χ3v) is 3.58. The molecule has 0 atom stereocenters. The minimum atomic E-state index is -0.474. The number of hydrogen-bond acceptors (Lipinski definition) is 3. The lowest BCUT2D eigenvalue weighted by Gasteiger charge is -2.29. The molecule has 2 N–H and O–H groups in total. The summed E-state index contributed by atoms with van der Waals surface area (Å²) in [5.41, 5.74) is 0.210. The van der Waals surface area contributed by atoms with E-state index in [0.717, 1.165) is 32.0 Å². The van der Waals surface area contributed by atoms with Crippen molar-refractivity contribution in [2.45, 2.75) is 18.9 Å². The molecule has 0 unspecified atom stereocenters. The molecular weight excluding hydrogens is 273 g/mol. The molecule has 0 bridgehead atoms. The first-order chi connectivity index (χ1) is 10.0. The Bertz CT molecular complexity index is 513. The second-order valence-electron chi connectivity index (χ2n) is 5.34. The van der Waals surface area contributed by atoms with Gasteiger partial charge in [0.05, 0.1) is 6.54 Å². The molecule has 2 rings (SSSR count). The second-order valence-corrected chi connectivity index (χ2v) is 5.34. The quantitative estimate of drug-likeness (QED) is 0.862. The molecular formula is C15H20FN3O2. The standard InChI is InChI=1S/C15H20FN3O2/c1-19-7-5-13(6-8-19)18-14(20)10-17-15(21)11-3-2-4-12(16)9-11/h2-4,9,13H,5-8,10H2,1H3,(H,17,21)(H,18,20). The summed E-state index contributed by atoms with van der Waals surface area (Å²) in [4.78, 5) is 25.8. The van der Waals surface area contributed by atoms with Crippen LogP contribution in [0.15, 0.2) is 24.3 Å². The molecule has 1 aliphatic heterocycles. The first-order valence-corrected chi connectivity index (χ1v) is 7.06. The van der Waals surface area contributed by atoms with Crippen LogP contribution in [0.3, 0.4) is 0 Å². The number of benzene rings is 1. The highest BCUT2D eigenvalue weighted by molar-refractivity contribution is 5.96. The molecule has 21 heavy (non-hydrogen) atoms.